The third-order valence-electron chi connectivity index (χ3n) is 5.51. The fourth-order valence-corrected chi connectivity index (χ4v) is 7.87. The molecule has 1 nitrogen and oxygen atoms in total. The van der Waals surface area contributed by atoms with Gasteiger partial charge in [0.05, 0.1) is 0 Å². The highest BCUT2D eigenvalue weighted by molar-refractivity contribution is 6.78. The molecule has 0 amide bonds. The van der Waals surface area contributed by atoms with Crippen LogP contribution < -0.4 is 4.98 Å². The molecule has 134 valence electrons. The first-order valence-corrected chi connectivity index (χ1v) is 12.7. The van der Waals surface area contributed by atoms with Gasteiger partial charge in [-0.25, -0.2) is 0 Å². The molecule has 0 heterocycles. The first kappa shape index (κ1) is 17.5. The summed E-state index contributed by atoms with van der Waals surface area (Å²) in [7, 11) is -1.66. The molecule has 0 spiro atoms. The Balaban J connectivity index is 1.86. The first-order valence-electron chi connectivity index (χ1n) is 9.64. The Morgan fingerprint density at radius 1 is 0.808 bits per heavy atom. The van der Waals surface area contributed by atoms with E-state index in [1.165, 1.54) is 33.4 Å². The third kappa shape index (κ3) is 3.13. The van der Waals surface area contributed by atoms with Crippen molar-refractivity contribution >= 4 is 19.4 Å². The Morgan fingerprint density at radius 3 is 1.73 bits per heavy atom. The highest BCUT2D eigenvalue weighted by atomic mass is 28.3. The Morgan fingerprint density at radius 2 is 1.27 bits per heavy atom. The molecule has 2 aromatic carbocycles. The summed E-state index contributed by atoms with van der Waals surface area (Å²) < 4.78 is 0. The smallest absolute Gasteiger partial charge is 0.130 e. The standard InChI is InChI=1S/C24H29NSi/c1-24(2,3)25-26(4,5)19-15-22-20-12-8-6-10-17(20)14-18-11-7-9-13-21(18)23(22)16-19/h6-13,15-16,19,25H,14H2,1-5H3. The van der Waals surface area contributed by atoms with E-state index in [9.17, 15) is 0 Å². The van der Waals surface area contributed by atoms with Crippen molar-refractivity contribution < 1.29 is 0 Å². The molecule has 0 radical (unpaired) electrons. The molecule has 2 heteroatoms. The van der Waals surface area contributed by atoms with Gasteiger partial charge in [0, 0.05) is 11.1 Å². The molecule has 0 fully saturated rings. The third-order valence-corrected chi connectivity index (χ3v) is 8.90. The van der Waals surface area contributed by atoms with E-state index in [1.807, 2.05) is 0 Å². The van der Waals surface area contributed by atoms with Crippen LogP contribution in [0.15, 0.2) is 60.7 Å². The van der Waals surface area contributed by atoms with Crippen LogP contribution >= 0.6 is 0 Å². The molecule has 0 atom stereocenters. The number of hydrogen-bond acceptors (Lipinski definition) is 1. The van der Waals surface area contributed by atoms with Crippen molar-refractivity contribution in [3.05, 3.63) is 82.9 Å². The zero-order valence-corrected chi connectivity index (χ0v) is 17.6. The van der Waals surface area contributed by atoms with Gasteiger partial charge in [0.1, 0.15) is 8.24 Å². The first-order chi connectivity index (χ1) is 12.2. The van der Waals surface area contributed by atoms with E-state index >= 15 is 0 Å². The number of benzene rings is 2. The van der Waals surface area contributed by atoms with E-state index < -0.39 is 8.24 Å². The molecule has 0 bridgehead atoms. The molecule has 0 aliphatic heterocycles. The van der Waals surface area contributed by atoms with Crippen LogP contribution in [0.5, 0.6) is 0 Å². The predicted molar refractivity (Wildman–Crippen MR) is 116 cm³/mol. The number of fused-ring (bicyclic) bond motifs is 5. The molecule has 1 N–H and O–H groups in total. The highest BCUT2D eigenvalue weighted by Crippen LogP contribution is 2.47. The van der Waals surface area contributed by atoms with E-state index in [4.69, 9.17) is 0 Å². The summed E-state index contributed by atoms with van der Waals surface area (Å²) in [5.74, 6) is 0. The van der Waals surface area contributed by atoms with Crippen molar-refractivity contribution in [2.45, 2.75) is 51.4 Å². The Labute approximate surface area is 158 Å². The van der Waals surface area contributed by atoms with Crippen LogP contribution in [0.1, 0.15) is 43.0 Å². The lowest BCUT2D eigenvalue weighted by atomic mass is 9.95. The molecule has 0 saturated carbocycles. The minimum absolute atomic E-state index is 0.146. The lowest BCUT2D eigenvalue weighted by Crippen LogP contribution is -2.56. The zero-order valence-electron chi connectivity index (χ0n) is 16.6. The summed E-state index contributed by atoms with van der Waals surface area (Å²) in [6.45, 7) is 11.7. The van der Waals surface area contributed by atoms with Gasteiger partial charge in [0.2, 0.25) is 0 Å². The highest BCUT2D eigenvalue weighted by Gasteiger charge is 2.37. The van der Waals surface area contributed by atoms with E-state index in [1.54, 1.807) is 0 Å². The molecular weight excluding hydrogens is 330 g/mol. The van der Waals surface area contributed by atoms with Crippen LogP contribution in [0.2, 0.25) is 18.6 Å². The van der Waals surface area contributed by atoms with Gasteiger partial charge in [0.15, 0.2) is 0 Å². The largest absolute Gasteiger partial charge is 0.332 e. The second kappa shape index (κ2) is 6.07. The lowest BCUT2D eigenvalue weighted by molar-refractivity contribution is 0.510. The van der Waals surface area contributed by atoms with Crippen molar-refractivity contribution in [1.82, 2.24) is 4.98 Å². The maximum Gasteiger partial charge on any atom is 0.130 e. The van der Waals surface area contributed by atoms with Gasteiger partial charge < -0.3 is 4.98 Å². The monoisotopic (exact) mass is 359 g/mol. The summed E-state index contributed by atoms with van der Waals surface area (Å²) in [4.78, 5) is 3.96. The Kier molecular flexibility index (Phi) is 4.09. The van der Waals surface area contributed by atoms with Crippen molar-refractivity contribution in [2.75, 3.05) is 0 Å². The average molecular weight is 360 g/mol. The topological polar surface area (TPSA) is 12.0 Å². The second-order valence-electron chi connectivity index (χ2n) is 9.27. The van der Waals surface area contributed by atoms with Gasteiger partial charge in [-0.1, -0.05) is 73.8 Å². The molecule has 26 heavy (non-hydrogen) atoms. The molecule has 2 aliphatic carbocycles. The van der Waals surface area contributed by atoms with Gasteiger partial charge in [-0.05, 0) is 60.6 Å². The summed E-state index contributed by atoms with van der Waals surface area (Å²) in [6, 6.07) is 17.9. The predicted octanol–water partition coefficient (Wildman–Crippen LogP) is 6.03. The van der Waals surface area contributed by atoms with Crippen molar-refractivity contribution in [2.24, 2.45) is 0 Å². The van der Waals surface area contributed by atoms with Crippen molar-refractivity contribution in [3.63, 3.8) is 0 Å². The molecule has 0 aromatic heterocycles. The maximum atomic E-state index is 3.96. The minimum atomic E-state index is -1.66. The van der Waals surface area contributed by atoms with Crippen LogP contribution in [0.3, 0.4) is 0 Å². The average Bonchev–Trinajstić information content (AvgIpc) is 2.95. The normalized spacial score (nSPS) is 17.0. The number of hydrogen-bond donors (Lipinski definition) is 1. The van der Waals surface area contributed by atoms with Crippen LogP contribution in [0, 0.1) is 0 Å². The second-order valence-corrected chi connectivity index (χ2v) is 13.6. The summed E-state index contributed by atoms with van der Waals surface area (Å²) in [5, 5.41) is 0. The van der Waals surface area contributed by atoms with Crippen LogP contribution in [0.25, 0.3) is 11.1 Å². The zero-order chi connectivity index (χ0) is 18.5. The lowest BCUT2D eigenvalue weighted by Gasteiger charge is -2.36. The minimum Gasteiger partial charge on any atom is -0.332 e. The maximum absolute atomic E-state index is 3.96. The number of nitrogens with one attached hydrogen (secondary N) is 1. The Bertz CT molecular complexity index is 850. The van der Waals surface area contributed by atoms with Gasteiger partial charge in [-0.3, -0.25) is 0 Å². The van der Waals surface area contributed by atoms with Gasteiger partial charge >= 0.3 is 0 Å². The van der Waals surface area contributed by atoms with Crippen molar-refractivity contribution in [3.8, 4) is 0 Å². The van der Waals surface area contributed by atoms with Crippen LogP contribution in [-0.4, -0.2) is 13.8 Å². The van der Waals surface area contributed by atoms with Crippen LogP contribution in [0.4, 0.5) is 0 Å². The van der Waals surface area contributed by atoms with E-state index in [0.717, 1.165) is 6.42 Å². The fraction of sp³-hybridized carbons (Fsp3) is 0.333. The van der Waals surface area contributed by atoms with Gasteiger partial charge in [0.25, 0.3) is 0 Å². The SMILES string of the molecule is CC(C)(C)N[Si](C)(C)C1C=C2C(=C1)c1ccccc1Cc1ccccc12. The van der Waals surface area contributed by atoms with Crippen LogP contribution in [-0.2, 0) is 6.42 Å². The molecule has 2 aromatic rings. The molecular formula is C24H29NSi. The van der Waals surface area contributed by atoms with E-state index in [2.05, 4.69) is 99.5 Å². The molecule has 2 aliphatic rings. The van der Waals surface area contributed by atoms with E-state index in [0.29, 0.717) is 5.54 Å². The summed E-state index contributed by atoms with van der Waals surface area (Å²) in [6.07, 6.45) is 6.11. The fourth-order valence-electron chi connectivity index (χ4n) is 4.60. The van der Waals surface area contributed by atoms with Crippen molar-refractivity contribution in [1.29, 1.82) is 0 Å². The molecule has 0 saturated heterocycles. The van der Waals surface area contributed by atoms with E-state index in [-0.39, 0.29) is 5.54 Å². The summed E-state index contributed by atoms with van der Waals surface area (Å²) >= 11 is 0. The number of allylic oxidation sites excluding steroid dienone is 4. The molecule has 0 unspecified atom stereocenters. The quantitative estimate of drug-likeness (QED) is 0.645. The Hall–Kier alpha value is -1.90. The number of rotatable bonds is 2. The summed E-state index contributed by atoms with van der Waals surface area (Å²) in [5.41, 5.74) is 9.24. The van der Waals surface area contributed by atoms with Gasteiger partial charge in [-0.15, -0.1) is 0 Å². The van der Waals surface area contributed by atoms with Gasteiger partial charge in [-0.2, -0.15) is 0 Å². The molecule has 4 rings (SSSR count).